The third-order valence-electron chi connectivity index (χ3n) is 3.26. The SMILES string of the molecule is CCCC(=O)N(C(=O)c1ccccc1)c1cccc([CH]=[Ru]([Cl])[Cl])c1. The van der Waals surface area contributed by atoms with Crippen LogP contribution in [-0.4, -0.2) is 16.4 Å². The molecule has 6 heteroatoms. The molecule has 0 unspecified atom stereocenters. The summed E-state index contributed by atoms with van der Waals surface area (Å²) >= 11 is -1.98. The number of amides is 2. The first-order valence-electron chi connectivity index (χ1n) is 7.38. The minimum absolute atomic E-state index is 0.227. The van der Waals surface area contributed by atoms with Gasteiger partial charge in [-0.2, -0.15) is 0 Å². The molecule has 0 aliphatic heterocycles. The quantitative estimate of drug-likeness (QED) is 0.617. The van der Waals surface area contributed by atoms with E-state index in [4.69, 9.17) is 19.4 Å². The molecule has 2 amide bonds. The Morgan fingerprint density at radius 2 is 1.79 bits per heavy atom. The Balaban J connectivity index is 2.45. The fourth-order valence-corrected chi connectivity index (χ4v) is 4.03. The summed E-state index contributed by atoms with van der Waals surface area (Å²) in [6.45, 7) is 1.91. The van der Waals surface area contributed by atoms with Crippen LogP contribution < -0.4 is 4.90 Å². The van der Waals surface area contributed by atoms with Gasteiger partial charge in [-0.3, -0.25) is 0 Å². The number of rotatable bonds is 5. The predicted molar refractivity (Wildman–Crippen MR) is 96.5 cm³/mol. The van der Waals surface area contributed by atoms with Crippen molar-refractivity contribution in [2.45, 2.75) is 19.8 Å². The van der Waals surface area contributed by atoms with Crippen molar-refractivity contribution in [3.63, 3.8) is 0 Å². The van der Waals surface area contributed by atoms with Crippen molar-refractivity contribution in [3.05, 3.63) is 65.7 Å². The number of anilines is 1. The van der Waals surface area contributed by atoms with Gasteiger partial charge in [-0.05, 0) is 0 Å². The summed E-state index contributed by atoms with van der Waals surface area (Å²) in [5.41, 5.74) is 1.81. The molecule has 0 aromatic heterocycles. The number of imide groups is 1. The normalized spacial score (nSPS) is 10.9. The Labute approximate surface area is 154 Å². The van der Waals surface area contributed by atoms with Gasteiger partial charge in [-0.15, -0.1) is 0 Å². The average molecular weight is 451 g/mol. The van der Waals surface area contributed by atoms with Crippen molar-refractivity contribution in [2.24, 2.45) is 0 Å². The third-order valence-corrected chi connectivity index (χ3v) is 5.13. The summed E-state index contributed by atoms with van der Waals surface area (Å²) in [6, 6.07) is 15.9. The van der Waals surface area contributed by atoms with Gasteiger partial charge in [0.15, 0.2) is 0 Å². The van der Waals surface area contributed by atoms with Crippen molar-refractivity contribution >= 4 is 41.5 Å². The monoisotopic (exact) mass is 451 g/mol. The van der Waals surface area contributed by atoms with Crippen molar-refractivity contribution in [2.75, 3.05) is 4.90 Å². The van der Waals surface area contributed by atoms with Crippen LogP contribution in [-0.2, 0) is 18.3 Å². The molecule has 2 rings (SSSR count). The second-order valence-corrected chi connectivity index (χ2v) is 10.8. The summed E-state index contributed by atoms with van der Waals surface area (Å²) < 4.78 is 1.78. The molecule has 0 atom stereocenters. The molecule has 0 radical (unpaired) electrons. The average Bonchev–Trinajstić information content (AvgIpc) is 2.56. The van der Waals surface area contributed by atoms with E-state index < -0.39 is 13.5 Å². The minimum atomic E-state index is -1.98. The number of benzene rings is 2. The number of halogens is 2. The van der Waals surface area contributed by atoms with E-state index in [1.54, 1.807) is 47.1 Å². The molecule has 0 N–H and O–H groups in total. The van der Waals surface area contributed by atoms with Crippen LogP contribution in [0.25, 0.3) is 0 Å². The van der Waals surface area contributed by atoms with Crippen molar-refractivity contribution in [3.8, 4) is 0 Å². The van der Waals surface area contributed by atoms with E-state index in [0.717, 1.165) is 5.56 Å². The Kier molecular flexibility index (Phi) is 7.29. The van der Waals surface area contributed by atoms with E-state index in [2.05, 4.69) is 0 Å². The van der Waals surface area contributed by atoms with Crippen LogP contribution in [0.5, 0.6) is 0 Å². The first kappa shape index (κ1) is 19.0. The zero-order valence-electron chi connectivity index (χ0n) is 13.1. The molecule has 0 aliphatic carbocycles. The second kappa shape index (κ2) is 9.22. The molecular formula is C18H17Cl2NO2Ru. The van der Waals surface area contributed by atoms with Crippen LogP contribution in [0.2, 0.25) is 0 Å². The molecule has 0 bridgehead atoms. The molecule has 2 aromatic carbocycles. The van der Waals surface area contributed by atoms with Gasteiger partial charge < -0.3 is 0 Å². The Hall–Kier alpha value is -1.35. The molecule has 0 fully saturated rings. The molecule has 3 nitrogen and oxygen atoms in total. The number of hydrogen-bond acceptors (Lipinski definition) is 2. The predicted octanol–water partition coefficient (Wildman–Crippen LogP) is 4.74. The van der Waals surface area contributed by atoms with Gasteiger partial charge in [0.1, 0.15) is 0 Å². The molecule has 0 spiro atoms. The maximum atomic E-state index is 12.8. The van der Waals surface area contributed by atoms with E-state index in [1.807, 2.05) is 19.1 Å². The van der Waals surface area contributed by atoms with Gasteiger partial charge in [0.2, 0.25) is 0 Å². The molecule has 0 heterocycles. The van der Waals surface area contributed by atoms with E-state index >= 15 is 0 Å². The number of hydrogen-bond donors (Lipinski definition) is 0. The second-order valence-electron chi connectivity index (χ2n) is 5.05. The standard InChI is InChI=1S/C18H17NO2.2ClH.Ru/c1-3-8-17(20)19(16-12-7-9-14(2)13-16)18(21)15-10-5-4-6-11-15;;;/h2,4-7,9-13H,3,8H2,1H3;2*1H;/q;;;+2/p-2. The third kappa shape index (κ3) is 5.07. The van der Waals surface area contributed by atoms with Crippen LogP contribution in [0.4, 0.5) is 5.69 Å². The summed E-state index contributed by atoms with van der Waals surface area (Å²) in [7, 11) is 11.8. The summed E-state index contributed by atoms with van der Waals surface area (Å²) in [5.74, 6) is -0.563. The molecule has 128 valence electrons. The first-order valence-corrected chi connectivity index (χ1v) is 12.9. The zero-order chi connectivity index (χ0) is 17.5. The fourth-order valence-electron chi connectivity index (χ4n) is 2.23. The number of nitrogens with zero attached hydrogens (tertiary/aromatic N) is 1. The zero-order valence-corrected chi connectivity index (χ0v) is 16.3. The van der Waals surface area contributed by atoms with E-state index in [-0.39, 0.29) is 11.8 Å². The molecule has 0 saturated heterocycles. The molecule has 0 aliphatic rings. The van der Waals surface area contributed by atoms with Gasteiger partial charge in [0.25, 0.3) is 0 Å². The Bertz CT molecular complexity index is 759. The van der Waals surface area contributed by atoms with Crippen molar-refractivity contribution in [1.29, 1.82) is 0 Å². The van der Waals surface area contributed by atoms with Crippen molar-refractivity contribution < 1.29 is 23.1 Å². The molecular weight excluding hydrogens is 434 g/mol. The molecule has 2 aromatic rings. The maximum absolute atomic E-state index is 12.8. The van der Waals surface area contributed by atoms with E-state index in [0.29, 0.717) is 24.1 Å². The van der Waals surface area contributed by atoms with Gasteiger partial charge in [-0.1, -0.05) is 0 Å². The summed E-state index contributed by atoms with van der Waals surface area (Å²) in [6.07, 6.45) is 0.969. The topological polar surface area (TPSA) is 37.4 Å². The van der Waals surface area contributed by atoms with Gasteiger partial charge in [0.05, 0.1) is 0 Å². The van der Waals surface area contributed by atoms with Gasteiger partial charge >= 0.3 is 155 Å². The van der Waals surface area contributed by atoms with Crippen LogP contribution >= 0.6 is 19.4 Å². The van der Waals surface area contributed by atoms with Gasteiger partial charge in [0, 0.05) is 0 Å². The molecule has 24 heavy (non-hydrogen) atoms. The Morgan fingerprint density at radius 1 is 1.08 bits per heavy atom. The summed E-state index contributed by atoms with van der Waals surface area (Å²) in [4.78, 5) is 26.6. The number of carbonyl (C=O) groups is 2. The van der Waals surface area contributed by atoms with Crippen LogP contribution in [0.15, 0.2) is 54.6 Å². The van der Waals surface area contributed by atoms with Crippen molar-refractivity contribution in [1.82, 2.24) is 0 Å². The van der Waals surface area contributed by atoms with Crippen LogP contribution in [0.1, 0.15) is 35.7 Å². The number of carbonyl (C=O) groups excluding carboxylic acids is 2. The fraction of sp³-hybridized carbons (Fsp3) is 0.167. The van der Waals surface area contributed by atoms with Crippen LogP contribution in [0.3, 0.4) is 0 Å². The van der Waals surface area contributed by atoms with Crippen LogP contribution in [0, 0.1) is 0 Å². The summed E-state index contributed by atoms with van der Waals surface area (Å²) in [5, 5.41) is 0. The van der Waals surface area contributed by atoms with E-state index in [1.165, 1.54) is 4.90 Å². The Morgan fingerprint density at radius 3 is 2.42 bits per heavy atom. The molecule has 0 saturated carbocycles. The first-order chi connectivity index (χ1) is 11.5. The van der Waals surface area contributed by atoms with E-state index in [9.17, 15) is 9.59 Å². The van der Waals surface area contributed by atoms with Gasteiger partial charge in [-0.25, -0.2) is 0 Å².